The molecule has 0 saturated carbocycles. The summed E-state index contributed by atoms with van der Waals surface area (Å²) in [5.41, 5.74) is 8.05. The van der Waals surface area contributed by atoms with Crippen molar-refractivity contribution in [3.8, 4) is 0 Å². The Balaban J connectivity index is 2.44. The van der Waals surface area contributed by atoms with Crippen LogP contribution in [0, 0.1) is 12.7 Å². The van der Waals surface area contributed by atoms with Crippen molar-refractivity contribution in [2.75, 3.05) is 0 Å². The molecule has 2 rings (SSSR count). The van der Waals surface area contributed by atoms with Crippen molar-refractivity contribution >= 4 is 11.6 Å². The van der Waals surface area contributed by atoms with Crippen LogP contribution in [-0.2, 0) is 0 Å². The fourth-order valence-electron chi connectivity index (χ4n) is 1.55. The van der Waals surface area contributed by atoms with Gasteiger partial charge in [0.05, 0.1) is 18.6 Å². The molecule has 1 atom stereocenters. The molecule has 0 saturated heterocycles. The highest BCUT2D eigenvalue weighted by atomic mass is 35.5. The van der Waals surface area contributed by atoms with Crippen LogP contribution in [0.15, 0.2) is 35.1 Å². The highest BCUT2D eigenvalue weighted by Crippen LogP contribution is 2.28. The Morgan fingerprint density at radius 3 is 2.81 bits per heavy atom. The van der Waals surface area contributed by atoms with E-state index in [-0.39, 0.29) is 5.82 Å². The summed E-state index contributed by atoms with van der Waals surface area (Å²) in [5.74, 6) is -0.326. The zero-order chi connectivity index (χ0) is 11.7. The lowest BCUT2D eigenvalue weighted by Gasteiger charge is -2.13. The predicted molar refractivity (Wildman–Crippen MR) is 60.9 cm³/mol. The smallest absolute Gasteiger partial charge is 0.127 e. The third kappa shape index (κ3) is 1.96. The van der Waals surface area contributed by atoms with E-state index in [9.17, 15) is 4.39 Å². The van der Waals surface area contributed by atoms with Gasteiger partial charge in [0.1, 0.15) is 5.82 Å². The van der Waals surface area contributed by atoms with Gasteiger partial charge in [0.15, 0.2) is 0 Å². The van der Waals surface area contributed by atoms with Crippen LogP contribution in [0.5, 0.6) is 0 Å². The zero-order valence-corrected chi connectivity index (χ0v) is 9.46. The van der Waals surface area contributed by atoms with E-state index < -0.39 is 6.04 Å². The Labute approximate surface area is 97.8 Å². The number of nitrogens with two attached hydrogens (primary N) is 1. The number of hydrogen-bond donors (Lipinski definition) is 1. The minimum Gasteiger partial charge on any atom is -0.472 e. The molecule has 0 bridgehead atoms. The van der Waals surface area contributed by atoms with Gasteiger partial charge in [-0.15, -0.1) is 0 Å². The molecule has 1 aromatic carbocycles. The van der Waals surface area contributed by atoms with Crippen LogP contribution in [0.1, 0.15) is 22.7 Å². The number of rotatable bonds is 2. The Morgan fingerprint density at radius 1 is 1.44 bits per heavy atom. The summed E-state index contributed by atoms with van der Waals surface area (Å²) in [6.45, 7) is 1.68. The standard InChI is InChI=1S/C12H11ClFNO/c1-7-4-9(10(13)5-11(7)14)12(15)8-2-3-16-6-8/h2-6,12H,15H2,1H3. The third-order valence-corrected chi connectivity index (χ3v) is 2.84. The minimum absolute atomic E-state index is 0.326. The summed E-state index contributed by atoms with van der Waals surface area (Å²) in [4.78, 5) is 0. The van der Waals surface area contributed by atoms with E-state index in [1.165, 1.54) is 6.07 Å². The van der Waals surface area contributed by atoms with E-state index in [4.69, 9.17) is 21.8 Å². The largest absolute Gasteiger partial charge is 0.472 e. The van der Waals surface area contributed by atoms with Crippen molar-refractivity contribution in [3.63, 3.8) is 0 Å². The van der Waals surface area contributed by atoms with Crippen molar-refractivity contribution in [1.29, 1.82) is 0 Å². The summed E-state index contributed by atoms with van der Waals surface area (Å²) in [5, 5.41) is 0.330. The third-order valence-electron chi connectivity index (χ3n) is 2.52. The minimum atomic E-state index is -0.398. The Hall–Kier alpha value is -1.32. The Morgan fingerprint density at radius 2 is 2.19 bits per heavy atom. The average molecular weight is 240 g/mol. The van der Waals surface area contributed by atoms with Gasteiger partial charge < -0.3 is 10.2 Å². The molecule has 2 N–H and O–H groups in total. The van der Waals surface area contributed by atoms with Gasteiger partial charge in [-0.2, -0.15) is 0 Å². The summed E-state index contributed by atoms with van der Waals surface area (Å²) >= 11 is 5.96. The van der Waals surface area contributed by atoms with Crippen molar-refractivity contribution in [2.45, 2.75) is 13.0 Å². The van der Waals surface area contributed by atoms with Crippen molar-refractivity contribution < 1.29 is 8.81 Å². The maximum absolute atomic E-state index is 13.2. The lowest BCUT2D eigenvalue weighted by Crippen LogP contribution is -2.12. The second-order valence-corrected chi connectivity index (χ2v) is 4.06. The molecule has 0 spiro atoms. The highest BCUT2D eigenvalue weighted by Gasteiger charge is 2.15. The molecule has 1 heterocycles. The van der Waals surface area contributed by atoms with Gasteiger partial charge in [0.25, 0.3) is 0 Å². The van der Waals surface area contributed by atoms with Crippen LogP contribution in [0.3, 0.4) is 0 Å². The molecule has 0 fully saturated rings. The molecule has 84 valence electrons. The van der Waals surface area contributed by atoms with Crippen LogP contribution in [-0.4, -0.2) is 0 Å². The normalized spacial score (nSPS) is 12.8. The first-order valence-electron chi connectivity index (χ1n) is 4.83. The van der Waals surface area contributed by atoms with E-state index >= 15 is 0 Å². The Kier molecular flexibility index (Phi) is 2.99. The van der Waals surface area contributed by atoms with Gasteiger partial charge in [-0.05, 0) is 36.2 Å². The summed E-state index contributed by atoms with van der Waals surface area (Å²) in [7, 11) is 0. The number of furan rings is 1. The van der Waals surface area contributed by atoms with E-state index in [2.05, 4.69) is 0 Å². The molecule has 2 nitrogen and oxygen atoms in total. The van der Waals surface area contributed by atoms with Crippen LogP contribution in [0.25, 0.3) is 0 Å². The predicted octanol–water partition coefficient (Wildman–Crippen LogP) is 3.43. The molecule has 0 aliphatic heterocycles. The van der Waals surface area contributed by atoms with Crippen LogP contribution >= 0.6 is 11.6 Å². The molecule has 4 heteroatoms. The van der Waals surface area contributed by atoms with Gasteiger partial charge in [-0.3, -0.25) is 0 Å². The molecule has 0 aliphatic rings. The number of halogens is 2. The second-order valence-electron chi connectivity index (χ2n) is 3.66. The van der Waals surface area contributed by atoms with Gasteiger partial charge in [0, 0.05) is 10.6 Å². The summed E-state index contributed by atoms with van der Waals surface area (Å²) in [6, 6.07) is 4.31. The van der Waals surface area contributed by atoms with Gasteiger partial charge >= 0.3 is 0 Å². The van der Waals surface area contributed by atoms with Crippen LogP contribution in [0.4, 0.5) is 4.39 Å². The first-order chi connectivity index (χ1) is 7.59. The van der Waals surface area contributed by atoms with Crippen LogP contribution in [0.2, 0.25) is 5.02 Å². The molecule has 2 aromatic rings. The number of hydrogen-bond acceptors (Lipinski definition) is 2. The molecular formula is C12H11ClFNO. The quantitative estimate of drug-likeness (QED) is 0.872. The average Bonchev–Trinajstić information content (AvgIpc) is 2.75. The topological polar surface area (TPSA) is 39.2 Å². The highest BCUT2D eigenvalue weighted by molar-refractivity contribution is 6.31. The SMILES string of the molecule is Cc1cc(C(N)c2ccoc2)c(Cl)cc1F. The Bertz CT molecular complexity index is 496. The van der Waals surface area contributed by atoms with Gasteiger partial charge in [-0.1, -0.05) is 11.6 Å². The van der Waals surface area contributed by atoms with Crippen LogP contribution < -0.4 is 5.73 Å². The second kappa shape index (κ2) is 4.28. The van der Waals surface area contributed by atoms with Crippen molar-refractivity contribution in [2.24, 2.45) is 5.73 Å². The molecule has 0 amide bonds. The summed E-state index contributed by atoms with van der Waals surface area (Å²) < 4.78 is 18.2. The zero-order valence-electron chi connectivity index (χ0n) is 8.71. The van der Waals surface area contributed by atoms with E-state index in [1.807, 2.05) is 0 Å². The van der Waals surface area contributed by atoms with Crippen molar-refractivity contribution in [1.82, 2.24) is 0 Å². The van der Waals surface area contributed by atoms with E-state index in [1.54, 1.807) is 31.6 Å². The fourth-order valence-corrected chi connectivity index (χ4v) is 1.82. The van der Waals surface area contributed by atoms with Gasteiger partial charge in [0.2, 0.25) is 0 Å². The molecular weight excluding hydrogens is 229 g/mol. The monoisotopic (exact) mass is 239 g/mol. The molecule has 0 radical (unpaired) electrons. The first kappa shape index (κ1) is 11.2. The maximum atomic E-state index is 13.2. The number of benzene rings is 1. The molecule has 1 unspecified atom stereocenters. The molecule has 0 aliphatic carbocycles. The van der Waals surface area contributed by atoms with E-state index in [0.29, 0.717) is 16.1 Å². The first-order valence-corrected chi connectivity index (χ1v) is 5.20. The maximum Gasteiger partial charge on any atom is 0.127 e. The van der Waals surface area contributed by atoms with Crippen molar-refractivity contribution in [3.05, 3.63) is 58.3 Å². The summed E-state index contributed by atoms with van der Waals surface area (Å²) in [6.07, 6.45) is 3.10. The lowest BCUT2D eigenvalue weighted by molar-refractivity contribution is 0.562. The molecule has 1 aromatic heterocycles. The molecule has 16 heavy (non-hydrogen) atoms. The van der Waals surface area contributed by atoms with E-state index in [0.717, 1.165) is 5.56 Å². The fraction of sp³-hybridized carbons (Fsp3) is 0.167. The lowest BCUT2D eigenvalue weighted by atomic mass is 10.00. The number of aryl methyl sites for hydroxylation is 1. The van der Waals surface area contributed by atoms with Gasteiger partial charge in [-0.25, -0.2) is 4.39 Å².